The molecule has 5 aliphatic rings. The normalized spacial score (nSPS) is 57.4. The van der Waals surface area contributed by atoms with Gasteiger partial charge in [-0.25, -0.2) is 4.79 Å². The van der Waals surface area contributed by atoms with Gasteiger partial charge in [0.05, 0.1) is 18.3 Å². The van der Waals surface area contributed by atoms with Crippen molar-refractivity contribution < 1.29 is 55.5 Å². The average molecular weight is 545 g/mol. The van der Waals surface area contributed by atoms with Gasteiger partial charge >= 0.3 is 5.97 Å². The summed E-state index contributed by atoms with van der Waals surface area (Å²) in [7, 11) is 0. The van der Waals surface area contributed by atoms with Crippen molar-refractivity contribution in [3.8, 4) is 0 Å². The third-order valence-electron chi connectivity index (χ3n) is 12.1. The molecule has 1 heterocycles. The monoisotopic (exact) mass is 544 g/mol. The first-order valence-electron chi connectivity index (χ1n) is 14.0. The van der Waals surface area contributed by atoms with Crippen LogP contribution in [-0.2, 0) is 9.53 Å². The molecule has 4 saturated carbocycles. The highest BCUT2D eigenvalue weighted by Gasteiger charge is 2.69. The van der Waals surface area contributed by atoms with E-state index in [4.69, 9.17) is 4.74 Å². The van der Waals surface area contributed by atoms with Gasteiger partial charge < -0.3 is 50.7 Å². The number of carboxylic acids is 1. The molecule has 1 saturated heterocycles. The van der Waals surface area contributed by atoms with E-state index >= 15 is 0 Å². The van der Waals surface area contributed by atoms with E-state index in [2.05, 4.69) is 6.92 Å². The van der Waals surface area contributed by atoms with Gasteiger partial charge in [-0.2, -0.15) is 0 Å². The van der Waals surface area contributed by atoms with Crippen LogP contribution in [0.4, 0.5) is 0 Å². The molecule has 11 heteroatoms. The number of hydrogen-bond acceptors (Lipinski definition) is 10. The summed E-state index contributed by atoms with van der Waals surface area (Å²) in [6, 6.07) is 0. The van der Waals surface area contributed by atoms with Gasteiger partial charge in [0.2, 0.25) is 0 Å². The molecule has 1 aliphatic heterocycles. The highest BCUT2D eigenvalue weighted by atomic mass is 16.7. The summed E-state index contributed by atoms with van der Waals surface area (Å²) < 4.78 is 5.41. The average Bonchev–Trinajstić information content (AvgIpc) is 3.14. The summed E-state index contributed by atoms with van der Waals surface area (Å²) in [6.45, 7) is 3.51. The first-order valence-corrected chi connectivity index (χ1v) is 14.0. The van der Waals surface area contributed by atoms with Crippen LogP contribution < -0.4 is 0 Å². The Kier molecular flexibility index (Phi) is 7.02. The molecule has 38 heavy (non-hydrogen) atoms. The van der Waals surface area contributed by atoms with Crippen LogP contribution in [0.3, 0.4) is 0 Å². The van der Waals surface area contributed by atoms with E-state index in [0.29, 0.717) is 38.5 Å². The van der Waals surface area contributed by atoms with Crippen LogP contribution in [-0.4, -0.2) is 107 Å². The van der Waals surface area contributed by atoms with E-state index in [0.717, 1.165) is 12.8 Å². The second-order valence-electron chi connectivity index (χ2n) is 13.5. The summed E-state index contributed by atoms with van der Waals surface area (Å²) in [5.74, 6) is -4.45. The van der Waals surface area contributed by atoms with E-state index in [1.807, 2.05) is 6.92 Å². The third kappa shape index (κ3) is 3.70. The number of aliphatic carboxylic acids is 1. The molecule has 5 fully saturated rings. The molecule has 0 spiro atoms. The van der Waals surface area contributed by atoms with E-state index in [-0.39, 0.29) is 29.1 Å². The molecular weight excluding hydrogens is 500 g/mol. The zero-order valence-electron chi connectivity index (χ0n) is 22.1. The van der Waals surface area contributed by atoms with Crippen LogP contribution in [0.15, 0.2) is 0 Å². The number of fused-ring (bicyclic) bond motifs is 5. The number of ether oxygens (including phenoxy) is 1. The third-order valence-corrected chi connectivity index (χ3v) is 12.1. The first kappa shape index (κ1) is 28.6. The van der Waals surface area contributed by atoms with Crippen molar-refractivity contribution in [3.63, 3.8) is 0 Å². The van der Waals surface area contributed by atoms with Gasteiger partial charge in [0.1, 0.15) is 24.4 Å². The van der Waals surface area contributed by atoms with Crippen LogP contribution in [0.1, 0.15) is 65.2 Å². The molecule has 0 aromatic heterocycles. The smallest absolute Gasteiger partial charge is 0.335 e. The van der Waals surface area contributed by atoms with Crippen molar-refractivity contribution in [1.82, 2.24) is 0 Å². The summed E-state index contributed by atoms with van der Waals surface area (Å²) in [5.41, 5.74) is -2.54. The van der Waals surface area contributed by atoms with Crippen LogP contribution in [0.25, 0.3) is 0 Å². The van der Waals surface area contributed by atoms with Gasteiger partial charge in [-0.1, -0.05) is 13.8 Å². The van der Waals surface area contributed by atoms with Crippen LogP contribution >= 0.6 is 0 Å². The largest absolute Gasteiger partial charge is 0.479 e. The lowest BCUT2D eigenvalue weighted by atomic mass is 9.42. The second kappa shape index (κ2) is 9.32. The molecule has 15 atom stereocenters. The molecule has 218 valence electrons. The van der Waals surface area contributed by atoms with E-state index < -0.39 is 71.9 Å². The van der Waals surface area contributed by atoms with E-state index in [1.165, 1.54) is 0 Å². The van der Waals surface area contributed by atoms with Crippen molar-refractivity contribution in [2.45, 2.75) is 113 Å². The Labute approximate surface area is 222 Å². The molecular formula is C27H44O11. The number of aliphatic hydroxyl groups is 8. The van der Waals surface area contributed by atoms with Crippen LogP contribution in [0.5, 0.6) is 0 Å². The van der Waals surface area contributed by atoms with E-state index in [9.17, 15) is 50.8 Å². The summed E-state index contributed by atoms with van der Waals surface area (Å²) in [6.07, 6.45) is -5.35. The predicted molar refractivity (Wildman–Crippen MR) is 130 cm³/mol. The summed E-state index contributed by atoms with van der Waals surface area (Å²) in [5, 5.41) is 95.1. The SMILES string of the molecule is C[C@]12CCC([C@@]3(O)O[C@H](C(=O)O)[C@@H](O)[C@@H](O)[C@H]3O)CC1CCC1C2[C@H](O)C[C@@]2(C)C1CC[C@]2(O)C(O)CO. The van der Waals surface area contributed by atoms with Crippen LogP contribution in [0.2, 0.25) is 0 Å². The molecule has 0 bridgehead atoms. The molecule has 0 aromatic rings. The highest BCUT2D eigenvalue weighted by molar-refractivity contribution is 5.73. The maximum absolute atomic E-state index is 11.6. The summed E-state index contributed by atoms with van der Waals surface area (Å²) >= 11 is 0. The van der Waals surface area contributed by atoms with Gasteiger partial charge in [0, 0.05) is 11.3 Å². The standard InChI is InChI=1S/C27H44O11/c1-24-7-5-13(27(37)22(33)20(32)19(31)21(38-27)23(34)35)9-12(24)3-4-14-15-6-8-26(36,17(30)11-28)25(15,2)10-16(29)18(14)24/h12-22,28-33,36-37H,3-11H2,1-2H3,(H,34,35)/t12?,13?,14?,15?,16-,17?,18?,19+,20-,21+,22-,24+,25+,26+,27-/m1/s1. The summed E-state index contributed by atoms with van der Waals surface area (Å²) in [4.78, 5) is 11.6. The van der Waals surface area contributed by atoms with Crippen molar-refractivity contribution in [3.05, 3.63) is 0 Å². The molecule has 9 N–H and O–H groups in total. The van der Waals surface area contributed by atoms with E-state index in [1.54, 1.807) is 0 Å². The van der Waals surface area contributed by atoms with Crippen LogP contribution in [0, 0.1) is 40.4 Å². The van der Waals surface area contributed by atoms with Gasteiger partial charge in [-0.05, 0) is 80.5 Å². The zero-order valence-corrected chi connectivity index (χ0v) is 22.1. The van der Waals surface area contributed by atoms with Crippen molar-refractivity contribution in [2.24, 2.45) is 40.4 Å². The number of rotatable bonds is 4. The maximum atomic E-state index is 11.6. The molecule has 6 unspecified atom stereocenters. The van der Waals surface area contributed by atoms with Gasteiger partial charge in [-0.3, -0.25) is 0 Å². The topological polar surface area (TPSA) is 208 Å². The van der Waals surface area contributed by atoms with Gasteiger partial charge in [0.15, 0.2) is 11.9 Å². The van der Waals surface area contributed by atoms with Gasteiger partial charge in [-0.15, -0.1) is 0 Å². The van der Waals surface area contributed by atoms with Gasteiger partial charge in [0.25, 0.3) is 0 Å². The molecule has 5 rings (SSSR count). The Morgan fingerprint density at radius 2 is 1.66 bits per heavy atom. The Bertz CT molecular complexity index is 933. The van der Waals surface area contributed by atoms with Crippen molar-refractivity contribution in [1.29, 1.82) is 0 Å². The highest BCUT2D eigenvalue weighted by Crippen LogP contribution is 2.69. The molecule has 4 aliphatic carbocycles. The second-order valence-corrected chi connectivity index (χ2v) is 13.5. The number of hydrogen-bond donors (Lipinski definition) is 9. The lowest BCUT2D eigenvalue weighted by Crippen LogP contribution is -2.69. The Morgan fingerprint density at radius 1 is 0.974 bits per heavy atom. The Hall–Kier alpha value is -0.890. The fraction of sp³-hybridized carbons (Fsp3) is 0.963. The minimum atomic E-state index is -2.34. The lowest BCUT2D eigenvalue weighted by Gasteiger charge is -2.64. The predicted octanol–water partition coefficient (Wildman–Crippen LogP) is -1.04. The maximum Gasteiger partial charge on any atom is 0.335 e. The van der Waals surface area contributed by atoms with Crippen molar-refractivity contribution in [2.75, 3.05) is 6.61 Å². The number of aliphatic hydroxyl groups excluding tert-OH is 6. The van der Waals surface area contributed by atoms with Crippen molar-refractivity contribution >= 4 is 5.97 Å². The Morgan fingerprint density at radius 3 is 2.29 bits per heavy atom. The molecule has 0 aromatic carbocycles. The molecule has 11 nitrogen and oxygen atoms in total. The quantitative estimate of drug-likeness (QED) is 0.209. The number of carbonyl (C=O) groups is 1. The zero-order chi connectivity index (χ0) is 28.0. The molecule has 0 radical (unpaired) electrons. The Balaban J connectivity index is 1.39. The fourth-order valence-electron chi connectivity index (χ4n) is 9.98. The first-order chi connectivity index (χ1) is 17.7. The number of carboxylic acid groups (broad SMARTS) is 1. The fourth-order valence-corrected chi connectivity index (χ4v) is 9.98. The minimum Gasteiger partial charge on any atom is -0.479 e. The molecule has 0 amide bonds. The lowest BCUT2D eigenvalue weighted by molar-refractivity contribution is -0.367. The minimum absolute atomic E-state index is 0.0249.